The summed E-state index contributed by atoms with van der Waals surface area (Å²) in [6, 6.07) is 25.4. The van der Waals surface area contributed by atoms with Gasteiger partial charge in [0.2, 0.25) is 0 Å². The Morgan fingerprint density at radius 1 is 0.744 bits per heavy atom. The monoisotopic (exact) mass is 543 g/mol. The lowest BCUT2D eigenvalue weighted by Gasteiger charge is -2.34. The van der Waals surface area contributed by atoms with Gasteiger partial charge in [-0.3, -0.25) is 0 Å². The molecule has 2 heterocycles. The van der Waals surface area contributed by atoms with Crippen LogP contribution in [0.4, 0.5) is 0 Å². The molecule has 0 unspecified atom stereocenters. The Kier molecular flexibility index (Phi) is 10.7. The van der Waals surface area contributed by atoms with Gasteiger partial charge >= 0.3 is 0 Å². The van der Waals surface area contributed by atoms with Crippen LogP contribution in [0.3, 0.4) is 0 Å². The number of ether oxygens (including phenoxy) is 1. The van der Waals surface area contributed by atoms with Crippen molar-refractivity contribution in [2.75, 3.05) is 32.0 Å². The number of hydrogen-bond acceptors (Lipinski definition) is 4. The maximum Gasteiger partial charge on any atom is 0.126 e. The molecule has 0 aromatic heterocycles. The van der Waals surface area contributed by atoms with Gasteiger partial charge in [0.05, 0.1) is 6.61 Å². The van der Waals surface area contributed by atoms with Crippen molar-refractivity contribution in [1.82, 2.24) is 4.90 Å². The van der Waals surface area contributed by atoms with E-state index in [1.165, 1.54) is 106 Å². The van der Waals surface area contributed by atoms with Crippen LogP contribution < -0.4 is 4.74 Å². The van der Waals surface area contributed by atoms with E-state index in [0.29, 0.717) is 6.61 Å². The van der Waals surface area contributed by atoms with Gasteiger partial charge in [0.1, 0.15) is 11.5 Å². The lowest BCUT2D eigenvalue weighted by Crippen LogP contribution is -2.25. The molecule has 2 atom stereocenters. The van der Waals surface area contributed by atoms with E-state index in [1.54, 1.807) is 12.1 Å². The van der Waals surface area contributed by atoms with E-state index >= 15 is 0 Å². The minimum absolute atomic E-state index is 0.205. The van der Waals surface area contributed by atoms with E-state index in [9.17, 15) is 5.11 Å². The molecule has 208 valence electrons. The van der Waals surface area contributed by atoms with Crippen molar-refractivity contribution < 1.29 is 9.84 Å². The maximum atomic E-state index is 10.0. The van der Waals surface area contributed by atoms with Crippen LogP contribution in [0.25, 0.3) is 0 Å². The molecule has 1 N–H and O–H groups in total. The zero-order valence-electron chi connectivity index (χ0n) is 23.4. The molecule has 4 heteroatoms. The molecule has 3 aromatic carbocycles. The normalized spacial score (nSPS) is 19.1. The van der Waals surface area contributed by atoms with Crippen LogP contribution in [-0.4, -0.2) is 42.0 Å². The minimum atomic E-state index is 0.205. The van der Waals surface area contributed by atoms with Crippen LogP contribution in [0.1, 0.15) is 92.7 Å². The average molecular weight is 544 g/mol. The van der Waals surface area contributed by atoms with Crippen molar-refractivity contribution in [3.63, 3.8) is 0 Å². The summed E-state index contributed by atoms with van der Waals surface area (Å²) in [7, 11) is 0. The van der Waals surface area contributed by atoms with Gasteiger partial charge in [-0.25, -0.2) is 0 Å². The summed E-state index contributed by atoms with van der Waals surface area (Å²) in [6.07, 6.45) is 13.9. The highest BCUT2D eigenvalue weighted by atomic mass is 32.2. The Bertz CT molecular complexity index is 1130. The van der Waals surface area contributed by atoms with Crippen molar-refractivity contribution in [3.8, 4) is 11.5 Å². The SMILES string of the molecule is Oc1ccc2c(c1)OC[C@H](c1ccccc1)[C@@H]2c1ccc(SCCCCCCCCCCN2CCCC2)cc1. The number of hydrogen-bond donors (Lipinski definition) is 1. The minimum Gasteiger partial charge on any atom is -0.508 e. The van der Waals surface area contributed by atoms with Crippen LogP contribution in [0.15, 0.2) is 77.7 Å². The lowest BCUT2D eigenvalue weighted by molar-refractivity contribution is 0.248. The first-order valence-electron chi connectivity index (χ1n) is 15.2. The highest BCUT2D eigenvalue weighted by Gasteiger charge is 2.33. The molecule has 0 bridgehead atoms. The molecule has 3 nitrogen and oxygen atoms in total. The molecular formula is C35H45NO2S. The van der Waals surface area contributed by atoms with Crippen molar-refractivity contribution in [2.45, 2.75) is 80.9 Å². The summed E-state index contributed by atoms with van der Waals surface area (Å²) < 4.78 is 6.12. The van der Waals surface area contributed by atoms with Gasteiger partial charge in [0.25, 0.3) is 0 Å². The highest BCUT2D eigenvalue weighted by Crippen LogP contribution is 2.47. The number of phenolic OH excluding ortho intramolecular Hbond substituents is 1. The van der Waals surface area contributed by atoms with Gasteiger partial charge in [0.15, 0.2) is 0 Å². The molecular weight excluding hydrogens is 498 g/mol. The number of benzene rings is 3. The zero-order valence-corrected chi connectivity index (χ0v) is 24.2. The van der Waals surface area contributed by atoms with Crippen LogP contribution in [0.2, 0.25) is 0 Å². The van der Waals surface area contributed by atoms with Crippen molar-refractivity contribution in [1.29, 1.82) is 0 Å². The smallest absolute Gasteiger partial charge is 0.126 e. The standard InChI is InChI=1S/C35H45NO2S/c37-30-18-21-32-34(26-30)38-27-33(28-14-8-7-9-15-28)35(32)29-16-19-31(20-17-29)39-25-13-6-4-2-1-3-5-10-22-36-23-11-12-24-36/h7-9,14-21,26,33,35,37H,1-6,10-13,22-25,27H2/t33-,35-/m1/s1. The molecule has 2 aliphatic heterocycles. The second kappa shape index (κ2) is 14.8. The molecule has 3 aromatic rings. The number of rotatable bonds is 14. The Labute approximate surface area is 240 Å². The number of phenols is 1. The van der Waals surface area contributed by atoms with Gasteiger partial charge in [-0.2, -0.15) is 0 Å². The highest BCUT2D eigenvalue weighted by molar-refractivity contribution is 7.99. The van der Waals surface area contributed by atoms with E-state index in [2.05, 4.69) is 59.5 Å². The van der Waals surface area contributed by atoms with E-state index in [4.69, 9.17) is 4.74 Å². The Hall–Kier alpha value is -2.43. The zero-order chi connectivity index (χ0) is 26.7. The van der Waals surface area contributed by atoms with Crippen molar-refractivity contribution >= 4 is 11.8 Å². The molecule has 2 aliphatic rings. The predicted octanol–water partition coefficient (Wildman–Crippen LogP) is 9.01. The second-order valence-electron chi connectivity index (χ2n) is 11.3. The summed E-state index contributed by atoms with van der Waals surface area (Å²) in [5, 5.41) is 10.0. The van der Waals surface area contributed by atoms with Crippen LogP contribution in [0.5, 0.6) is 11.5 Å². The third-order valence-electron chi connectivity index (χ3n) is 8.46. The Balaban J connectivity index is 1.05. The molecule has 5 rings (SSSR count). The Morgan fingerprint density at radius 3 is 2.18 bits per heavy atom. The fourth-order valence-corrected chi connectivity index (χ4v) is 7.18. The maximum absolute atomic E-state index is 10.0. The lowest BCUT2D eigenvalue weighted by atomic mass is 9.76. The van der Waals surface area contributed by atoms with Crippen LogP contribution in [0, 0.1) is 0 Å². The molecule has 0 aliphatic carbocycles. The molecule has 0 amide bonds. The number of likely N-dealkylation sites (tertiary alicyclic amines) is 1. The quantitative estimate of drug-likeness (QED) is 0.162. The fraction of sp³-hybridized carbons (Fsp3) is 0.486. The van der Waals surface area contributed by atoms with Crippen molar-refractivity contribution in [2.24, 2.45) is 0 Å². The largest absolute Gasteiger partial charge is 0.508 e. The van der Waals surface area contributed by atoms with E-state index in [1.807, 2.05) is 17.8 Å². The molecule has 0 radical (unpaired) electrons. The Morgan fingerprint density at radius 2 is 1.44 bits per heavy atom. The van der Waals surface area contributed by atoms with Crippen molar-refractivity contribution in [3.05, 3.63) is 89.5 Å². The second-order valence-corrected chi connectivity index (χ2v) is 12.5. The first-order valence-corrected chi connectivity index (χ1v) is 16.2. The fourth-order valence-electron chi connectivity index (χ4n) is 6.26. The van der Waals surface area contributed by atoms with Gasteiger partial charge in [-0.15, -0.1) is 11.8 Å². The summed E-state index contributed by atoms with van der Waals surface area (Å²) in [5.74, 6) is 2.70. The van der Waals surface area contributed by atoms with Crippen LogP contribution >= 0.6 is 11.8 Å². The summed E-state index contributed by atoms with van der Waals surface area (Å²) in [4.78, 5) is 3.99. The number of thioether (sulfide) groups is 1. The topological polar surface area (TPSA) is 32.7 Å². The van der Waals surface area contributed by atoms with Gasteiger partial charge in [0, 0.05) is 28.4 Å². The summed E-state index contributed by atoms with van der Waals surface area (Å²) in [5.41, 5.74) is 3.76. The van der Waals surface area contributed by atoms with Gasteiger partial charge in [-0.05, 0) is 80.4 Å². The van der Waals surface area contributed by atoms with Crippen LogP contribution in [-0.2, 0) is 0 Å². The first-order chi connectivity index (χ1) is 19.3. The number of fused-ring (bicyclic) bond motifs is 1. The first kappa shape index (κ1) is 28.1. The summed E-state index contributed by atoms with van der Waals surface area (Å²) >= 11 is 1.99. The third-order valence-corrected chi connectivity index (χ3v) is 9.55. The number of unbranched alkanes of at least 4 members (excludes halogenated alkanes) is 7. The molecule has 1 saturated heterocycles. The van der Waals surface area contributed by atoms with Gasteiger partial charge < -0.3 is 14.7 Å². The number of nitrogens with zero attached hydrogens (tertiary/aromatic N) is 1. The van der Waals surface area contributed by atoms with Gasteiger partial charge in [-0.1, -0.05) is 87.1 Å². The summed E-state index contributed by atoms with van der Waals surface area (Å²) in [6.45, 7) is 4.62. The van der Waals surface area contributed by atoms with E-state index in [0.717, 1.165) is 11.3 Å². The molecule has 0 saturated carbocycles. The third kappa shape index (κ3) is 8.05. The average Bonchev–Trinajstić information content (AvgIpc) is 3.50. The molecule has 39 heavy (non-hydrogen) atoms. The van der Waals surface area contributed by atoms with E-state index in [-0.39, 0.29) is 17.6 Å². The van der Waals surface area contributed by atoms with E-state index < -0.39 is 0 Å². The number of aromatic hydroxyl groups is 1. The molecule has 0 spiro atoms. The molecule has 1 fully saturated rings. The predicted molar refractivity (Wildman–Crippen MR) is 164 cm³/mol.